The number of fused-ring (bicyclic) bond motifs is 2. The molecule has 5 rings (SSSR count). The van der Waals surface area contributed by atoms with Crippen molar-refractivity contribution in [3.05, 3.63) is 51.6 Å². The predicted octanol–water partition coefficient (Wildman–Crippen LogP) is 1.47. The van der Waals surface area contributed by atoms with E-state index in [0.717, 1.165) is 27.3 Å². The average molecular weight is 450 g/mol. The van der Waals surface area contributed by atoms with Gasteiger partial charge in [0.25, 0.3) is 11.7 Å². The zero-order chi connectivity index (χ0) is 23.4. The Kier molecular flexibility index (Phi) is 4.97. The van der Waals surface area contributed by atoms with E-state index >= 15 is 0 Å². The minimum absolute atomic E-state index is 0.0550. The first kappa shape index (κ1) is 21.5. The maximum atomic E-state index is 13.4. The zero-order valence-corrected chi connectivity index (χ0v) is 19.1. The van der Waals surface area contributed by atoms with Crippen molar-refractivity contribution in [2.75, 3.05) is 32.9 Å². The highest BCUT2D eigenvalue weighted by atomic mass is 16.8. The lowest BCUT2D eigenvalue weighted by Crippen LogP contribution is -2.47. The van der Waals surface area contributed by atoms with E-state index in [1.54, 1.807) is 20.3 Å². The molecule has 0 radical (unpaired) electrons. The quantitative estimate of drug-likeness (QED) is 0.635. The van der Waals surface area contributed by atoms with Crippen LogP contribution in [0, 0.1) is 0 Å². The third-order valence-electron chi connectivity index (χ3n) is 6.03. The fourth-order valence-corrected chi connectivity index (χ4v) is 4.34. The van der Waals surface area contributed by atoms with E-state index in [9.17, 15) is 4.79 Å². The second kappa shape index (κ2) is 7.62. The van der Waals surface area contributed by atoms with E-state index in [1.165, 1.54) is 0 Å². The van der Waals surface area contributed by atoms with Crippen molar-refractivity contribution in [1.82, 2.24) is 5.32 Å². The summed E-state index contributed by atoms with van der Waals surface area (Å²) < 4.78 is 23.4. The number of rotatable bonds is 5. The van der Waals surface area contributed by atoms with Crippen LogP contribution < -0.4 is 31.5 Å². The number of ether oxygens (including phenoxy) is 4. The lowest BCUT2D eigenvalue weighted by molar-refractivity contribution is -0.200. The number of hydrogen-bond donors (Lipinski definition) is 3. The number of nitrogens with two attached hydrogens (primary N) is 1. The van der Waals surface area contributed by atoms with Crippen molar-refractivity contribution >= 4 is 29.9 Å². The first-order valence-corrected chi connectivity index (χ1v) is 10.7. The summed E-state index contributed by atoms with van der Waals surface area (Å²) in [7, 11) is 3.08. The van der Waals surface area contributed by atoms with E-state index < -0.39 is 11.3 Å². The highest BCUT2D eigenvalue weighted by Crippen LogP contribution is 2.36. The molecule has 1 unspecified atom stereocenters. The van der Waals surface area contributed by atoms with Gasteiger partial charge in [-0.3, -0.25) is 4.79 Å². The minimum Gasteiger partial charge on any atom is -0.495 e. The molecule has 33 heavy (non-hydrogen) atoms. The van der Waals surface area contributed by atoms with Gasteiger partial charge in [-0.2, -0.15) is 0 Å². The second-order valence-electron chi connectivity index (χ2n) is 9.02. The molecule has 2 aromatic carbocycles. The molecule has 0 aromatic heterocycles. The van der Waals surface area contributed by atoms with Crippen LogP contribution in [0.3, 0.4) is 0 Å². The first-order chi connectivity index (χ1) is 15.7. The molecule has 3 aliphatic rings. The third kappa shape index (κ3) is 3.56. The summed E-state index contributed by atoms with van der Waals surface area (Å²) in [4.78, 5) is 13.4. The van der Waals surface area contributed by atoms with Gasteiger partial charge >= 0.3 is 0 Å². The van der Waals surface area contributed by atoms with Crippen molar-refractivity contribution in [3.63, 3.8) is 0 Å². The average Bonchev–Trinajstić information content (AvgIpc) is 2.81. The molecule has 0 saturated heterocycles. The van der Waals surface area contributed by atoms with Gasteiger partial charge in [-0.15, -0.1) is 0 Å². The van der Waals surface area contributed by atoms with Crippen LogP contribution in [-0.4, -0.2) is 44.8 Å². The van der Waals surface area contributed by atoms with Gasteiger partial charge in [-0.25, -0.2) is 0 Å². The summed E-state index contributed by atoms with van der Waals surface area (Å²) in [5, 5.41) is 8.04. The number of amides is 1. The van der Waals surface area contributed by atoms with Crippen LogP contribution in [-0.2, 0) is 14.2 Å². The standard InChI is InChI=1S/C25H27N3O5/c1-24(2,26)12-28-23(29)18-8-15-17-7-14-5-6-21(17)27-11-20(15)19-10-25(31-4,33-13-32-14)22(30-3)9-16(18)19/h5-11,27H,12-13,26H2,1-4H3,(H,28,29). The van der Waals surface area contributed by atoms with Gasteiger partial charge in [0.2, 0.25) is 0 Å². The van der Waals surface area contributed by atoms with Gasteiger partial charge in [0.15, 0.2) is 12.6 Å². The first-order valence-electron chi connectivity index (χ1n) is 10.7. The Morgan fingerprint density at radius 1 is 1.24 bits per heavy atom. The predicted molar refractivity (Wildman–Crippen MR) is 126 cm³/mol. The molecular weight excluding hydrogens is 422 g/mol. The number of nitrogens with one attached hydrogen (secondary N) is 2. The fourth-order valence-electron chi connectivity index (χ4n) is 4.34. The topological polar surface area (TPSA) is 104 Å². The van der Waals surface area contributed by atoms with Gasteiger partial charge in [-0.1, -0.05) is 0 Å². The molecule has 6 bridgehead atoms. The lowest BCUT2D eigenvalue weighted by atomic mass is 9.88. The molecule has 0 fully saturated rings. The van der Waals surface area contributed by atoms with E-state index in [1.807, 2.05) is 50.4 Å². The van der Waals surface area contributed by atoms with Crippen molar-refractivity contribution in [2.45, 2.75) is 25.2 Å². The van der Waals surface area contributed by atoms with E-state index in [4.69, 9.17) is 24.7 Å². The third-order valence-corrected chi connectivity index (χ3v) is 6.03. The number of carbonyl (C=O) groups is 1. The lowest BCUT2D eigenvalue weighted by Gasteiger charge is -2.33. The van der Waals surface area contributed by atoms with Crippen LogP contribution in [0.15, 0.2) is 30.0 Å². The van der Waals surface area contributed by atoms with E-state index in [-0.39, 0.29) is 12.7 Å². The van der Waals surface area contributed by atoms with Gasteiger partial charge in [-0.05, 0) is 66.6 Å². The Labute approximate surface area is 191 Å². The molecule has 1 amide bonds. The van der Waals surface area contributed by atoms with E-state index in [0.29, 0.717) is 29.2 Å². The Balaban J connectivity index is 1.83. The largest absolute Gasteiger partial charge is 0.495 e. The van der Waals surface area contributed by atoms with Crippen molar-refractivity contribution in [3.8, 4) is 16.9 Å². The van der Waals surface area contributed by atoms with Gasteiger partial charge in [0.05, 0.1) is 7.11 Å². The van der Waals surface area contributed by atoms with Gasteiger partial charge in [0, 0.05) is 47.4 Å². The number of methoxy groups -OCH3 is 2. The Morgan fingerprint density at radius 2 is 2.06 bits per heavy atom. The van der Waals surface area contributed by atoms with Gasteiger partial charge < -0.3 is 35.3 Å². The summed E-state index contributed by atoms with van der Waals surface area (Å²) in [6, 6.07) is 7.65. The van der Waals surface area contributed by atoms with Crippen molar-refractivity contribution < 1.29 is 23.7 Å². The molecule has 0 saturated carbocycles. The highest BCUT2D eigenvalue weighted by molar-refractivity contribution is 6.01. The van der Waals surface area contributed by atoms with Crippen LogP contribution in [0.25, 0.3) is 29.5 Å². The van der Waals surface area contributed by atoms with Crippen LogP contribution in [0.4, 0.5) is 5.69 Å². The SMILES string of the molecule is COC1=Cc2c(C(=O)NCC(C)(C)N)cc3c4c2=CC1(OC)OCOc1ccc(c-3c1)NC=4. The van der Waals surface area contributed by atoms with Crippen LogP contribution in [0.1, 0.15) is 29.8 Å². The molecule has 172 valence electrons. The zero-order valence-electron chi connectivity index (χ0n) is 19.1. The van der Waals surface area contributed by atoms with Gasteiger partial charge in [0.1, 0.15) is 5.75 Å². The molecular formula is C25H27N3O5. The Bertz CT molecular complexity index is 1310. The smallest absolute Gasteiger partial charge is 0.251 e. The number of carbonyl (C=O) groups excluding carboxylic acids is 1. The van der Waals surface area contributed by atoms with E-state index in [2.05, 4.69) is 10.6 Å². The maximum Gasteiger partial charge on any atom is 0.251 e. The van der Waals surface area contributed by atoms with Crippen molar-refractivity contribution in [2.24, 2.45) is 5.73 Å². The van der Waals surface area contributed by atoms with Crippen LogP contribution in [0.5, 0.6) is 5.75 Å². The highest BCUT2D eigenvalue weighted by Gasteiger charge is 2.39. The summed E-state index contributed by atoms with van der Waals surface area (Å²) in [5.74, 6) is -0.487. The molecule has 0 spiro atoms. The van der Waals surface area contributed by atoms with Crippen molar-refractivity contribution in [1.29, 1.82) is 0 Å². The Morgan fingerprint density at radius 3 is 2.79 bits per heavy atom. The van der Waals surface area contributed by atoms with Crippen LogP contribution >= 0.6 is 0 Å². The molecule has 1 atom stereocenters. The molecule has 4 N–H and O–H groups in total. The monoisotopic (exact) mass is 449 g/mol. The Hall–Kier alpha value is -3.33. The second-order valence-corrected chi connectivity index (χ2v) is 9.02. The maximum absolute atomic E-state index is 13.4. The molecule has 2 aromatic rings. The molecule has 8 heteroatoms. The molecule has 8 nitrogen and oxygen atoms in total. The fraction of sp³-hybridized carbons (Fsp3) is 0.320. The van der Waals surface area contributed by atoms with Crippen LogP contribution in [0.2, 0.25) is 0 Å². The summed E-state index contributed by atoms with van der Waals surface area (Å²) >= 11 is 0. The normalized spacial score (nSPS) is 19.8. The molecule has 2 heterocycles. The number of hydrogen-bond acceptors (Lipinski definition) is 7. The molecule has 2 aliphatic heterocycles. The summed E-state index contributed by atoms with van der Waals surface area (Å²) in [5.41, 5.74) is 9.54. The number of benzene rings is 2. The molecule has 1 aliphatic carbocycles. The number of anilines is 1. The summed E-state index contributed by atoms with van der Waals surface area (Å²) in [6.07, 6.45) is 5.56. The summed E-state index contributed by atoms with van der Waals surface area (Å²) in [6.45, 7) is 4.01. The minimum atomic E-state index is -1.31.